The van der Waals surface area contributed by atoms with Crippen LogP contribution in [0.3, 0.4) is 0 Å². The lowest BCUT2D eigenvalue weighted by Gasteiger charge is -2.44. The van der Waals surface area contributed by atoms with Crippen LogP contribution in [0.1, 0.15) is 84.6 Å². The topological polar surface area (TPSA) is 244 Å². The predicted molar refractivity (Wildman–Crippen MR) is 226 cm³/mol. The Balaban J connectivity index is 0.827. The highest BCUT2D eigenvalue weighted by molar-refractivity contribution is 6.16. The second-order valence-electron chi connectivity index (χ2n) is 15.1. The van der Waals surface area contributed by atoms with E-state index in [9.17, 15) is 24.0 Å². The van der Waals surface area contributed by atoms with Gasteiger partial charge in [-0.1, -0.05) is 25.8 Å². The van der Waals surface area contributed by atoms with Crippen LogP contribution >= 0.6 is 0 Å². The summed E-state index contributed by atoms with van der Waals surface area (Å²) in [5, 5.41) is 28.0. The average molecular weight is 838 g/mol. The highest BCUT2D eigenvalue weighted by atomic mass is 16.5. The number of fused-ring (bicyclic) bond motifs is 2. The summed E-state index contributed by atoms with van der Waals surface area (Å²) in [6.45, 7) is 3.30. The standard InChI is InChI=1S/C42H51N11O8/c1-3-31-37(44)52(24-43)33-22-46-42(50-38(33)53(31)26-7-4-5-8-26)48-30-12-11-25(21-34(30)59-2)39(56)45-16-18-61-20-19-60-17-15-36(55)47-29-10-6-9-27-28(29)23-51(41(27)58)32-13-14-35(54)49-40(32)57/h6,9-12,21-22,24,26,31-32,43-44H,3-5,7-8,13-20,23H2,1-2H3,(H,45,56)(H,47,55)(H,46,48,50)(H,49,54,57)/t31-,32?/m1/s1. The summed E-state index contributed by atoms with van der Waals surface area (Å²) in [5.74, 6) is -0.0302. The minimum Gasteiger partial charge on any atom is -0.495 e. The number of imide groups is 1. The minimum atomic E-state index is -0.745. The van der Waals surface area contributed by atoms with Gasteiger partial charge in [-0.2, -0.15) is 4.98 Å². The first-order chi connectivity index (χ1) is 29.6. The largest absolute Gasteiger partial charge is 0.495 e. The van der Waals surface area contributed by atoms with Crippen molar-refractivity contribution in [2.24, 2.45) is 0 Å². The Kier molecular flexibility index (Phi) is 13.5. The second kappa shape index (κ2) is 19.3. The molecule has 322 valence electrons. The Hall–Kier alpha value is -6.47. The van der Waals surface area contributed by atoms with Crippen molar-refractivity contribution in [2.45, 2.75) is 83.0 Å². The molecule has 1 aromatic heterocycles. The van der Waals surface area contributed by atoms with E-state index in [0.717, 1.165) is 32.0 Å². The number of aromatic nitrogens is 2. The van der Waals surface area contributed by atoms with Crippen molar-refractivity contribution in [3.05, 3.63) is 59.3 Å². The number of carbonyl (C=O) groups excluding carboxylic acids is 5. The van der Waals surface area contributed by atoms with Gasteiger partial charge in [-0.25, -0.2) is 4.98 Å². The van der Waals surface area contributed by atoms with Crippen molar-refractivity contribution in [1.29, 1.82) is 10.8 Å². The quantitative estimate of drug-likeness (QED) is 0.0464. The van der Waals surface area contributed by atoms with Crippen LogP contribution in [0.25, 0.3) is 0 Å². The van der Waals surface area contributed by atoms with Crippen molar-refractivity contribution in [2.75, 3.05) is 60.5 Å². The summed E-state index contributed by atoms with van der Waals surface area (Å²) in [7, 11) is 1.51. The maximum Gasteiger partial charge on any atom is 0.255 e. The fraction of sp³-hybridized carbons (Fsp3) is 0.452. The van der Waals surface area contributed by atoms with Crippen LogP contribution in [0.4, 0.5) is 28.8 Å². The Morgan fingerprint density at radius 1 is 1.02 bits per heavy atom. The highest BCUT2D eigenvalue weighted by Gasteiger charge is 2.41. The molecule has 0 spiro atoms. The molecule has 2 aromatic carbocycles. The molecule has 1 aliphatic carbocycles. The molecule has 0 bridgehead atoms. The summed E-state index contributed by atoms with van der Waals surface area (Å²) < 4.78 is 16.8. The van der Waals surface area contributed by atoms with Crippen molar-refractivity contribution >= 4 is 70.5 Å². The van der Waals surface area contributed by atoms with Crippen LogP contribution in [0, 0.1) is 10.8 Å². The number of methoxy groups -OCH3 is 1. The number of hydrogen-bond donors (Lipinski definition) is 6. The van der Waals surface area contributed by atoms with Gasteiger partial charge in [0.1, 0.15) is 23.3 Å². The molecular formula is C42H51N11O8. The summed E-state index contributed by atoms with van der Waals surface area (Å²) in [5.41, 5.74) is 3.05. The van der Waals surface area contributed by atoms with E-state index in [1.165, 1.54) is 16.9 Å². The molecule has 1 saturated heterocycles. The number of rotatable bonds is 18. The van der Waals surface area contributed by atoms with Gasteiger partial charge in [-0.15, -0.1) is 0 Å². The number of amides is 5. The van der Waals surface area contributed by atoms with Gasteiger partial charge < -0.3 is 40.0 Å². The smallest absolute Gasteiger partial charge is 0.255 e. The van der Waals surface area contributed by atoms with Crippen molar-refractivity contribution in [3.8, 4) is 5.75 Å². The lowest BCUT2D eigenvalue weighted by molar-refractivity contribution is -0.137. The summed E-state index contributed by atoms with van der Waals surface area (Å²) in [4.78, 5) is 77.3. The van der Waals surface area contributed by atoms with E-state index in [1.807, 2.05) is 6.92 Å². The third kappa shape index (κ3) is 9.31. The summed E-state index contributed by atoms with van der Waals surface area (Å²) >= 11 is 0. The number of benzene rings is 2. The van der Waals surface area contributed by atoms with Gasteiger partial charge in [0.05, 0.1) is 64.2 Å². The van der Waals surface area contributed by atoms with E-state index < -0.39 is 11.9 Å². The summed E-state index contributed by atoms with van der Waals surface area (Å²) in [6.07, 6.45) is 8.23. The predicted octanol–water partition coefficient (Wildman–Crippen LogP) is 3.71. The Labute approximate surface area is 352 Å². The van der Waals surface area contributed by atoms with E-state index in [0.29, 0.717) is 63.5 Å². The Morgan fingerprint density at radius 3 is 2.54 bits per heavy atom. The number of nitrogens with zero attached hydrogens (tertiary/aromatic N) is 5. The van der Waals surface area contributed by atoms with E-state index >= 15 is 0 Å². The fourth-order valence-electron chi connectivity index (χ4n) is 8.29. The zero-order valence-corrected chi connectivity index (χ0v) is 34.3. The lowest BCUT2D eigenvalue weighted by atomic mass is 10.0. The number of carbonyl (C=O) groups is 5. The molecule has 19 nitrogen and oxygen atoms in total. The van der Waals surface area contributed by atoms with Gasteiger partial charge in [-0.05, 0) is 56.0 Å². The van der Waals surface area contributed by atoms with Crippen LogP contribution in [0.15, 0.2) is 42.6 Å². The van der Waals surface area contributed by atoms with Crippen molar-refractivity contribution in [3.63, 3.8) is 0 Å². The maximum absolute atomic E-state index is 13.1. The third-order valence-corrected chi connectivity index (χ3v) is 11.3. The zero-order chi connectivity index (χ0) is 43.0. The first-order valence-corrected chi connectivity index (χ1v) is 20.6. The van der Waals surface area contributed by atoms with Gasteiger partial charge in [0.15, 0.2) is 5.82 Å². The molecule has 4 aliphatic rings. The molecule has 3 aromatic rings. The molecular weight excluding hydrogens is 787 g/mol. The second-order valence-corrected chi connectivity index (χ2v) is 15.1. The van der Waals surface area contributed by atoms with E-state index in [1.54, 1.807) is 42.6 Å². The van der Waals surface area contributed by atoms with E-state index in [2.05, 4.69) is 31.2 Å². The molecule has 0 radical (unpaired) electrons. The van der Waals surface area contributed by atoms with Crippen LogP contribution in [0.5, 0.6) is 5.75 Å². The fourth-order valence-corrected chi connectivity index (χ4v) is 8.29. The molecule has 5 amide bonds. The first-order valence-electron chi connectivity index (χ1n) is 20.6. The number of ether oxygens (including phenoxy) is 3. The van der Waals surface area contributed by atoms with Gasteiger partial charge in [0.2, 0.25) is 23.7 Å². The first kappa shape index (κ1) is 42.6. The number of piperidine rings is 1. The molecule has 3 aliphatic heterocycles. The van der Waals surface area contributed by atoms with Gasteiger partial charge >= 0.3 is 0 Å². The minimum absolute atomic E-state index is 0.0671. The third-order valence-electron chi connectivity index (χ3n) is 11.3. The van der Waals surface area contributed by atoms with E-state index in [-0.39, 0.29) is 94.5 Å². The van der Waals surface area contributed by atoms with Crippen LogP contribution in [0.2, 0.25) is 0 Å². The SMILES string of the molecule is CC[C@@H]1C(=N)N(C=N)c2cnc(Nc3ccc(C(=O)NCCOCCOCCC(=O)Nc4cccc5c4CN(C4CCC(=O)NC4=O)C5=O)cc3OC)nc2N1C1CCCC1. The van der Waals surface area contributed by atoms with Gasteiger partial charge in [0, 0.05) is 47.9 Å². The summed E-state index contributed by atoms with van der Waals surface area (Å²) in [6, 6.07) is 9.34. The average Bonchev–Trinajstić information content (AvgIpc) is 3.91. The zero-order valence-electron chi connectivity index (χ0n) is 34.3. The number of anilines is 5. The van der Waals surface area contributed by atoms with Crippen LogP contribution in [-0.2, 0) is 30.4 Å². The number of amidine groups is 1. The molecule has 7 rings (SSSR count). The molecule has 2 atom stereocenters. The molecule has 6 N–H and O–H groups in total. The normalized spacial score (nSPS) is 18.8. The van der Waals surface area contributed by atoms with Gasteiger partial charge in [-0.3, -0.25) is 45.0 Å². The molecule has 2 fully saturated rings. The molecule has 1 saturated carbocycles. The van der Waals surface area contributed by atoms with E-state index in [4.69, 9.17) is 30.0 Å². The Bertz CT molecular complexity index is 2200. The monoisotopic (exact) mass is 837 g/mol. The molecule has 4 heterocycles. The lowest BCUT2D eigenvalue weighted by Crippen LogP contribution is -2.56. The van der Waals surface area contributed by atoms with Crippen molar-refractivity contribution < 1.29 is 38.2 Å². The number of hydrogen-bond acceptors (Lipinski definition) is 14. The molecule has 1 unspecified atom stereocenters. The van der Waals surface area contributed by atoms with Crippen LogP contribution in [-0.4, -0.2) is 115 Å². The molecule has 61 heavy (non-hydrogen) atoms. The van der Waals surface area contributed by atoms with Gasteiger partial charge in [0.25, 0.3) is 11.8 Å². The molecule has 19 heteroatoms. The highest BCUT2D eigenvalue weighted by Crippen LogP contribution is 2.41. The van der Waals surface area contributed by atoms with Crippen LogP contribution < -0.4 is 35.8 Å². The maximum atomic E-state index is 13.1. The number of nitrogens with one attached hydrogen (secondary N) is 6. The Morgan fingerprint density at radius 2 is 1.80 bits per heavy atom. The van der Waals surface area contributed by atoms with Crippen molar-refractivity contribution in [1.82, 2.24) is 25.5 Å².